The van der Waals surface area contributed by atoms with E-state index in [1.165, 1.54) is 11.0 Å². The topological polar surface area (TPSA) is 32.3 Å². The van der Waals surface area contributed by atoms with E-state index in [4.69, 9.17) is 0 Å². The summed E-state index contributed by atoms with van der Waals surface area (Å²) in [6, 6.07) is 3.23. The van der Waals surface area contributed by atoms with Gasteiger partial charge in [0.15, 0.2) is 0 Å². The highest BCUT2D eigenvalue weighted by molar-refractivity contribution is 9.10. The number of carbonyl (C=O) groups is 1. The highest BCUT2D eigenvalue weighted by atomic mass is 79.9. The average Bonchev–Trinajstić information content (AvgIpc) is 2.25. The van der Waals surface area contributed by atoms with Crippen molar-refractivity contribution in [3.8, 4) is 0 Å². The summed E-state index contributed by atoms with van der Waals surface area (Å²) in [4.78, 5) is 12.7. The Morgan fingerprint density at radius 1 is 1.39 bits per heavy atom. The maximum absolute atomic E-state index is 12.4. The van der Waals surface area contributed by atoms with Crippen LogP contribution in [-0.4, -0.2) is 31.4 Å². The smallest absolute Gasteiger partial charge is 0.375 e. The summed E-state index contributed by atoms with van der Waals surface area (Å²) in [6.45, 7) is 0.0248. The van der Waals surface area contributed by atoms with E-state index in [2.05, 4.69) is 21.2 Å². The van der Waals surface area contributed by atoms with Crippen LogP contribution in [0.15, 0.2) is 22.7 Å². The van der Waals surface area contributed by atoms with Crippen LogP contribution in [0.4, 0.5) is 18.9 Å². The first-order chi connectivity index (χ1) is 8.21. The molecule has 0 saturated carbocycles. The Labute approximate surface area is 111 Å². The predicted octanol–water partition coefficient (Wildman–Crippen LogP) is 2.97. The Morgan fingerprint density at radius 2 is 2.00 bits per heavy atom. The van der Waals surface area contributed by atoms with Crippen LogP contribution < -0.4 is 5.32 Å². The molecule has 0 aliphatic carbocycles. The maximum Gasteiger partial charge on any atom is 0.416 e. The SMILES string of the molecule is CN(C)C(=O)CNc1ccc(C(F)(F)F)cc1Br. The van der Waals surface area contributed by atoms with Crippen LogP contribution in [0.2, 0.25) is 0 Å². The minimum atomic E-state index is -4.37. The molecule has 0 aliphatic heterocycles. The molecule has 1 amide bonds. The summed E-state index contributed by atoms with van der Waals surface area (Å²) in [5.74, 6) is -0.165. The Kier molecular flexibility index (Phi) is 4.61. The third-order valence-electron chi connectivity index (χ3n) is 2.23. The van der Waals surface area contributed by atoms with Crippen LogP contribution in [0, 0.1) is 0 Å². The number of hydrogen-bond donors (Lipinski definition) is 1. The first kappa shape index (κ1) is 14.8. The molecule has 0 aromatic heterocycles. The maximum atomic E-state index is 12.4. The summed E-state index contributed by atoms with van der Waals surface area (Å²) < 4.78 is 37.5. The molecule has 0 bridgehead atoms. The lowest BCUT2D eigenvalue weighted by Gasteiger charge is -2.14. The van der Waals surface area contributed by atoms with Gasteiger partial charge in [-0.2, -0.15) is 13.2 Å². The van der Waals surface area contributed by atoms with Crippen LogP contribution in [-0.2, 0) is 11.0 Å². The van der Waals surface area contributed by atoms with Gasteiger partial charge in [0, 0.05) is 24.3 Å². The van der Waals surface area contributed by atoms with Crippen molar-refractivity contribution in [3.05, 3.63) is 28.2 Å². The fourth-order valence-corrected chi connectivity index (χ4v) is 1.68. The quantitative estimate of drug-likeness (QED) is 0.927. The molecule has 0 saturated heterocycles. The second-order valence-corrected chi connectivity index (χ2v) is 4.69. The van der Waals surface area contributed by atoms with Gasteiger partial charge in [-0.1, -0.05) is 0 Å². The zero-order chi connectivity index (χ0) is 13.9. The van der Waals surface area contributed by atoms with E-state index in [-0.39, 0.29) is 16.9 Å². The number of halogens is 4. The van der Waals surface area contributed by atoms with E-state index in [0.717, 1.165) is 12.1 Å². The van der Waals surface area contributed by atoms with E-state index in [0.29, 0.717) is 5.69 Å². The summed E-state index contributed by atoms with van der Waals surface area (Å²) >= 11 is 3.04. The van der Waals surface area contributed by atoms with E-state index < -0.39 is 11.7 Å². The minimum absolute atomic E-state index is 0.0248. The molecule has 100 valence electrons. The Bertz CT molecular complexity index is 446. The van der Waals surface area contributed by atoms with E-state index in [1.54, 1.807) is 14.1 Å². The lowest BCUT2D eigenvalue weighted by Crippen LogP contribution is -2.28. The summed E-state index contributed by atoms with van der Waals surface area (Å²) in [5, 5.41) is 2.77. The van der Waals surface area contributed by atoms with Gasteiger partial charge in [-0.25, -0.2) is 0 Å². The van der Waals surface area contributed by atoms with Crippen molar-refractivity contribution in [1.82, 2.24) is 4.90 Å². The number of nitrogens with one attached hydrogen (secondary N) is 1. The fourth-order valence-electron chi connectivity index (χ4n) is 1.16. The van der Waals surface area contributed by atoms with Gasteiger partial charge >= 0.3 is 6.18 Å². The molecule has 0 spiro atoms. The van der Waals surface area contributed by atoms with Crippen LogP contribution in [0.3, 0.4) is 0 Å². The van der Waals surface area contributed by atoms with Gasteiger partial charge in [-0.15, -0.1) is 0 Å². The molecule has 1 rings (SSSR count). The molecule has 7 heteroatoms. The van der Waals surface area contributed by atoms with Crippen molar-refractivity contribution in [2.24, 2.45) is 0 Å². The summed E-state index contributed by atoms with van der Waals surface area (Å²) in [6.07, 6.45) is -4.37. The third-order valence-corrected chi connectivity index (χ3v) is 2.88. The molecular formula is C11H12BrF3N2O. The Morgan fingerprint density at radius 3 is 2.44 bits per heavy atom. The summed E-state index contributed by atoms with van der Waals surface area (Å²) in [7, 11) is 3.21. The van der Waals surface area contributed by atoms with Crippen molar-refractivity contribution in [2.75, 3.05) is 26.0 Å². The molecule has 0 radical (unpaired) electrons. The summed E-state index contributed by atoms with van der Waals surface area (Å²) in [5.41, 5.74) is -0.294. The molecular weight excluding hydrogens is 313 g/mol. The molecule has 0 atom stereocenters. The van der Waals surface area contributed by atoms with Crippen molar-refractivity contribution in [1.29, 1.82) is 0 Å². The fraction of sp³-hybridized carbons (Fsp3) is 0.364. The van der Waals surface area contributed by atoms with E-state index in [9.17, 15) is 18.0 Å². The number of benzene rings is 1. The van der Waals surface area contributed by atoms with Crippen LogP contribution in [0.5, 0.6) is 0 Å². The van der Waals surface area contributed by atoms with Crippen LogP contribution in [0.1, 0.15) is 5.56 Å². The lowest BCUT2D eigenvalue weighted by atomic mass is 10.2. The van der Waals surface area contributed by atoms with Crippen molar-refractivity contribution >= 4 is 27.5 Å². The van der Waals surface area contributed by atoms with Gasteiger partial charge < -0.3 is 10.2 Å². The monoisotopic (exact) mass is 324 g/mol. The first-order valence-electron chi connectivity index (χ1n) is 5.02. The number of carbonyl (C=O) groups excluding carboxylic acids is 1. The largest absolute Gasteiger partial charge is 0.416 e. The zero-order valence-corrected chi connectivity index (χ0v) is 11.4. The zero-order valence-electron chi connectivity index (χ0n) is 9.81. The Balaban J connectivity index is 2.78. The molecule has 0 fully saturated rings. The number of anilines is 1. The minimum Gasteiger partial charge on any atom is -0.375 e. The Hall–Kier alpha value is -1.24. The van der Waals surface area contributed by atoms with Gasteiger partial charge in [-0.05, 0) is 34.1 Å². The molecule has 3 nitrogen and oxygen atoms in total. The molecule has 18 heavy (non-hydrogen) atoms. The normalized spacial score (nSPS) is 11.2. The average molecular weight is 325 g/mol. The van der Waals surface area contributed by atoms with E-state index >= 15 is 0 Å². The van der Waals surface area contributed by atoms with Crippen LogP contribution >= 0.6 is 15.9 Å². The lowest BCUT2D eigenvalue weighted by molar-refractivity contribution is -0.137. The van der Waals surface area contributed by atoms with Gasteiger partial charge in [-0.3, -0.25) is 4.79 Å². The highest BCUT2D eigenvalue weighted by Gasteiger charge is 2.30. The predicted molar refractivity (Wildman–Crippen MR) is 66.3 cm³/mol. The molecule has 1 aromatic carbocycles. The second-order valence-electron chi connectivity index (χ2n) is 3.83. The van der Waals surface area contributed by atoms with Crippen molar-refractivity contribution in [3.63, 3.8) is 0 Å². The first-order valence-corrected chi connectivity index (χ1v) is 5.82. The number of likely N-dealkylation sites (N-methyl/N-ethyl adjacent to an activating group) is 1. The van der Waals surface area contributed by atoms with Gasteiger partial charge in [0.2, 0.25) is 5.91 Å². The molecule has 1 N–H and O–H groups in total. The molecule has 0 aliphatic rings. The van der Waals surface area contributed by atoms with E-state index in [1.807, 2.05) is 0 Å². The standard InChI is InChI=1S/C11H12BrF3N2O/c1-17(2)10(18)6-16-9-4-3-7(5-8(9)12)11(13,14)15/h3-5,16H,6H2,1-2H3. The number of hydrogen-bond acceptors (Lipinski definition) is 2. The number of nitrogens with zero attached hydrogens (tertiary/aromatic N) is 1. The number of alkyl halides is 3. The number of amides is 1. The van der Waals surface area contributed by atoms with Gasteiger partial charge in [0.25, 0.3) is 0 Å². The second kappa shape index (κ2) is 5.60. The molecule has 1 aromatic rings. The molecule has 0 heterocycles. The van der Waals surface area contributed by atoms with Crippen LogP contribution in [0.25, 0.3) is 0 Å². The van der Waals surface area contributed by atoms with Gasteiger partial charge in [0.1, 0.15) is 0 Å². The highest BCUT2D eigenvalue weighted by Crippen LogP contribution is 2.33. The van der Waals surface area contributed by atoms with Gasteiger partial charge in [0.05, 0.1) is 12.1 Å². The molecule has 0 unspecified atom stereocenters. The third kappa shape index (κ3) is 3.90. The van der Waals surface area contributed by atoms with Crippen molar-refractivity contribution < 1.29 is 18.0 Å². The van der Waals surface area contributed by atoms with Crippen molar-refractivity contribution in [2.45, 2.75) is 6.18 Å². The number of rotatable bonds is 3.